The van der Waals surface area contributed by atoms with E-state index in [1.54, 1.807) is 13.1 Å². The quantitative estimate of drug-likeness (QED) is 0.377. The number of anilines is 1. The topological polar surface area (TPSA) is 79.9 Å². The molecule has 1 saturated carbocycles. The Kier molecular flexibility index (Phi) is 5.05. The summed E-state index contributed by atoms with van der Waals surface area (Å²) in [6, 6.07) is 5.61. The maximum Gasteiger partial charge on any atom is 0.232 e. The molecule has 1 aliphatic carbocycles. The van der Waals surface area contributed by atoms with E-state index < -0.39 is 17.9 Å². The first-order chi connectivity index (χ1) is 15.0. The first kappa shape index (κ1) is 20.2. The summed E-state index contributed by atoms with van der Waals surface area (Å²) >= 11 is 2.61. The Hall–Kier alpha value is -2.72. The number of aromatic amines is 1. The zero-order valence-electron chi connectivity index (χ0n) is 16.7. The molecule has 2 aromatic heterocycles. The zero-order chi connectivity index (χ0) is 21.7. The molecule has 2 heterocycles. The molecule has 1 amide bonds. The monoisotopic (exact) mass is 460 g/mol. The van der Waals surface area contributed by atoms with Crippen LogP contribution in [0.25, 0.3) is 32.2 Å². The van der Waals surface area contributed by atoms with Crippen LogP contribution in [0.1, 0.15) is 13.3 Å². The van der Waals surface area contributed by atoms with Crippen molar-refractivity contribution in [3.63, 3.8) is 0 Å². The molecule has 0 bridgehead atoms. The highest BCUT2D eigenvalue weighted by Gasteiger charge is 2.43. The van der Waals surface area contributed by atoms with Gasteiger partial charge < -0.3 is 10.1 Å². The molecule has 0 aliphatic heterocycles. The number of alkyl halides is 1. The number of nitrogens with one attached hydrogen (secondary N) is 2. The molecule has 5 rings (SSSR count). The number of hydrogen-bond donors (Lipinski definition) is 2. The predicted molar refractivity (Wildman–Crippen MR) is 119 cm³/mol. The lowest BCUT2D eigenvalue weighted by Gasteiger charge is -2.15. The molecule has 1 fully saturated rings. The lowest BCUT2D eigenvalue weighted by molar-refractivity contribution is -0.117. The maximum absolute atomic E-state index is 15.3. The van der Waals surface area contributed by atoms with Crippen molar-refractivity contribution >= 4 is 55.3 Å². The van der Waals surface area contributed by atoms with Gasteiger partial charge in [-0.3, -0.25) is 9.89 Å². The molecular weight excluding hydrogens is 442 g/mol. The van der Waals surface area contributed by atoms with Gasteiger partial charge in [-0.15, -0.1) is 11.8 Å². The molecule has 6 nitrogen and oxygen atoms in total. The van der Waals surface area contributed by atoms with E-state index in [1.165, 1.54) is 23.1 Å². The number of aromatic nitrogens is 3. The highest BCUT2D eigenvalue weighted by atomic mass is 32.2. The Morgan fingerprint density at radius 1 is 1.45 bits per heavy atom. The summed E-state index contributed by atoms with van der Waals surface area (Å²) in [5.74, 6) is -1.18. The number of hydrogen-bond acceptors (Lipinski definition) is 6. The molecule has 2 atom stereocenters. The second-order valence-electron chi connectivity index (χ2n) is 7.19. The average Bonchev–Trinajstić information content (AvgIpc) is 3.13. The summed E-state index contributed by atoms with van der Waals surface area (Å²) in [5, 5.41) is 10.8. The van der Waals surface area contributed by atoms with Gasteiger partial charge in [0.15, 0.2) is 16.7 Å². The van der Waals surface area contributed by atoms with Gasteiger partial charge in [-0.05, 0) is 37.3 Å². The van der Waals surface area contributed by atoms with Gasteiger partial charge >= 0.3 is 0 Å². The lowest BCUT2D eigenvalue weighted by Crippen LogP contribution is -2.14. The van der Waals surface area contributed by atoms with E-state index in [-0.39, 0.29) is 18.1 Å². The summed E-state index contributed by atoms with van der Waals surface area (Å²) < 4.78 is 34.8. The lowest BCUT2D eigenvalue weighted by atomic mass is 10.0. The maximum atomic E-state index is 15.3. The van der Waals surface area contributed by atoms with Crippen LogP contribution in [0.3, 0.4) is 0 Å². The third kappa shape index (κ3) is 3.43. The fourth-order valence-electron chi connectivity index (χ4n) is 3.62. The number of rotatable bonds is 6. The fraction of sp³-hybridized carbons (Fsp3) is 0.286. The van der Waals surface area contributed by atoms with Crippen LogP contribution >= 0.6 is 23.1 Å². The molecule has 2 N–H and O–H groups in total. The van der Waals surface area contributed by atoms with E-state index in [9.17, 15) is 9.18 Å². The molecule has 1 aliphatic rings. The highest BCUT2D eigenvalue weighted by molar-refractivity contribution is 7.98. The van der Waals surface area contributed by atoms with Crippen molar-refractivity contribution in [2.75, 3.05) is 18.2 Å². The molecule has 4 aromatic rings. The standard InChI is InChI=1S/C21H18F2N4O2S2/c1-3-29-18-16(23)19(30-2)15(11-8-24-27-17(11)18)9-4-5-13-14(6-9)31-21(25-13)26-20(28)10-7-12(10)22/h4-6,8,10,12H,3,7H2,1-2H3,(H,24,27)(H,25,26,28). The van der Waals surface area contributed by atoms with Crippen molar-refractivity contribution in [1.29, 1.82) is 0 Å². The molecule has 0 spiro atoms. The van der Waals surface area contributed by atoms with Crippen LogP contribution < -0.4 is 10.1 Å². The van der Waals surface area contributed by atoms with E-state index in [1.807, 2.05) is 24.5 Å². The van der Waals surface area contributed by atoms with Gasteiger partial charge in [0.2, 0.25) is 5.91 Å². The summed E-state index contributed by atoms with van der Waals surface area (Å²) in [6.45, 7) is 2.14. The Morgan fingerprint density at radius 3 is 2.97 bits per heavy atom. The number of amides is 1. The third-order valence-electron chi connectivity index (χ3n) is 5.21. The van der Waals surface area contributed by atoms with Gasteiger partial charge in [-0.2, -0.15) is 5.10 Å². The van der Waals surface area contributed by atoms with E-state index in [0.29, 0.717) is 27.7 Å². The van der Waals surface area contributed by atoms with Crippen LogP contribution in [0.2, 0.25) is 0 Å². The van der Waals surface area contributed by atoms with Crippen molar-refractivity contribution < 1.29 is 18.3 Å². The molecule has 160 valence electrons. The predicted octanol–water partition coefficient (Wildman–Crippen LogP) is 5.40. The van der Waals surface area contributed by atoms with Crippen molar-refractivity contribution in [3.05, 3.63) is 30.2 Å². The van der Waals surface area contributed by atoms with E-state index in [4.69, 9.17) is 4.74 Å². The Labute approximate surface area is 184 Å². The largest absolute Gasteiger partial charge is 0.489 e. The van der Waals surface area contributed by atoms with Gasteiger partial charge in [0, 0.05) is 10.9 Å². The summed E-state index contributed by atoms with van der Waals surface area (Å²) in [5.41, 5.74) is 2.74. The number of H-pyrrole nitrogens is 1. The highest BCUT2D eigenvalue weighted by Crippen LogP contribution is 2.44. The summed E-state index contributed by atoms with van der Waals surface area (Å²) in [7, 11) is 0. The van der Waals surface area contributed by atoms with Gasteiger partial charge in [0.25, 0.3) is 0 Å². The molecule has 0 saturated heterocycles. The number of halogens is 2. The Balaban J connectivity index is 1.60. The number of ether oxygens (including phenoxy) is 1. The molecule has 31 heavy (non-hydrogen) atoms. The Bertz CT molecular complexity index is 1320. The SMILES string of the molecule is CCOc1c(F)c(SC)c(-c2ccc3nc(NC(=O)C4CC4F)sc3c2)c2cn[nH]c12. The van der Waals surface area contributed by atoms with Crippen LogP contribution in [-0.2, 0) is 4.79 Å². The normalized spacial score (nSPS) is 17.9. The van der Waals surface area contributed by atoms with Crippen molar-refractivity contribution in [2.24, 2.45) is 5.92 Å². The second-order valence-corrected chi connectivity index (χ2v) is 9.04. The molecule has 2 aromatic carbocycles. The van der Waals surface area contributed by atoms with Crippen molar-refractivity contribution in [2.45, 2.75) is 24.4 Å². The van der Waals surface area contributed by atoms with E-state index in [2.05, 4.69) is 20.5 Å². The number of carbonyl (C=O) groups is 1. The van der Waals surface area contributed by atoms with Crippen LogP contribution in [-0.4, -0.2) is 40.1 Å². The number of thioether (sulfide) groups is 1. The van der Waals surface area contributed by atoms with Crippen molar-refractivity contribution in [1.82, 2.24) is 15.2 Å². The molecule has 10 heteroatoms. The average molecular weight is 461 g/mol. The summed E-state index contributed by atoms with van der Waals surface area (Å²) in [4.78, 5) is 16.9. The molecular formula is C21H18F2N4O2S2. The van der Waals surface area contributed by atoms with Crippen molar-refractivity contribution in [3.8, 4) is 16.9 Å². The molecule has 0 radical (unpaired) electrons. The fourth-order valence-corrected chi connectivity index (χ4v) is 5.23. The van der Waals surface area contributed by atoms with E-state index in [0.717, 1.165) is 21.2 Å². The minimum atomic E-state index is -1.06. The van der Waals surface area contributed by atoms with Gasteiger partial charge in [-0.25, -0.2) is 13.8 Å². The zero-order valence-corrected chi connectivity index (χ0v) is 18.3. The number of nitrogens with zero attached hydrogens (tertiary/aromatic N) is 2. The van der Waals surface area contributed by atoms with E-state index >= 15 is 4.39 Å². The van der Waals surface area contributed by atoms with Crippen LogP contribution in [0, 0.1) is 11.7 Å². The van der Waals surface area contributed by atoms with Crippen LogP contribution in [0.5, 0.6) is 5.75 Å². The number of thiazole rings is 1. The third-order valence-corrected chi connectivity index (χ3v) is 6.94. The number of benzene rings is 2. The smallest absolute Gasteiger partial charge is 0.232 e. The first-order valence-electron chi connectivity index (χ1n) is 9.73. The Morgan fingerprint density at radius 2 is 2.26 bits per heavy atom. The second kappa shape index (κ2) is 7.76. The number of fused-ring (bicyclic) bond motifs is 2. The van der Waals surface area contributed by atoms with Crippen LogP contribution in [0.15, 0.2) is 29.3 Å². The first-order valence-corrected chi connectivity index (χ1v) is 11.8. The van der Waals surface area contributed by atoms with Crippen LogP contribution in [0.4, 0.5) is 13.9 Å². The summed E-state index contributed by atoms with van der Waals surface area (Å²) in [6.07, 6.45) is 2.69. The van der Waals surface area contributed by atoms with Gasteiger partial charge in [0.05, 0.1) is 33.8 Å². The molecule has 2 unspecified atom stereocenters. The number of carbonyl (C=O) groups excluding carboxylic acids is 1. The van der Waals surface area contributed by atoms with Gasteiger partial charge in [-0.1, -0.05) is 17.4 Å². The minimum Gasteiger partial charge on any atom is -0.489 e. The minimum absolute atomic E-state index is 0.165. The van der Waals surface area contributed by atoms with Gasteiger partial charge in [0.1, 0.15) is 11.7 Å².